The normalized spacial score (nSPS) is 11.1. The molecule has 0 amide bonds. The number of hydrogen-bond acceptors (Lipinski definition) is 8. The summed E-state index contributed by atoms with van der Waals surface area (Å²) in [6, 6.07) is 0. The molecule has 0 spiro atoms. The lowest BCUT2D eigenvalue weighted by Gasteiger charge is -2.11. The summed E-state index contributed by atoms with van der Waals surface area (Å²) >= 11 is 0. The van der Waals surface area contributed by atoms with Crippen molar-refractivity contribution in [2.24, 2.45) is 5.92 Å². The van der Waals surface area contributed by atoms with Gasteiger partial charge in [-0.15, -0.1) is 0 Å². The molecule has 30 heavy (non-hydrogen) atoms. The van der Waals surface area contributed by atoms with E-state index in [0.717, 1.165) is 38.9 Å². The maximum absolute atomic E-state index is 11.8. The van der Waals surface area contributed by atoms with E-state index in [1.54, 1.807) is 0 Å². The Balaban J connectivity index is 3.48. The molecule has 0 aromatic heterocycles. The topological polar surface area (TPSA) is 89.5 Å². The van der Waals surface area contributed by atoms with Crippen molar-refractivity contribution in [2.45, 2.75) is 59.3 Å². The Hall–Kier alpha value is -1.22. The number of esters is 2. The molecule has 0 fully saturated rings. The highest BCUT2D eigenvalue weighted by Gasteiger charge is 2.15. The van der Waals surface area contributed by atoms with Crippen molar-refractivity contribution in [3.8, 4) is 0 Å². The minimum atomic E-state index is -0.343. The van der Waals surface area contributed by atoms with E-state index in [1.165, 1.54) is 0 Å². The van der Waals surface area contributed by atoms with Gasteiger partial charge in [-0.3, -0.25) is 9.59 Å². The van der Waals surface area contributed by atoms with Crippen LogP contribution in [0, 0.1) is 5.92 Å². The third-order valence-corrected chi connectivity index (χ3v) is 4.04. The van der Waals surface area contributed by atoms with E-state index in [1.807, 2.05) is 6.92 Å². The van der Waals surface area contributed by atoms with Gasteiger partial charge in [-0.1, -0.05) is 33.6 Å². The average molecular weight is 435 g/mol. The van der Waals surface area contributed by atoms with Gasteiger partial charge in [-0.25, -0.2) is 0 Å². The average Bonchev–Trinajstić information content (AvgIpc) is 2.71. The van der Waals surface area contributed by atoms with Gasteiger partial charge in [0.1, 0.15) is 13.2 Å². The van der Waals surface area contributed by atoms with Crippen LogP contribution in [0.2, 0.25) is 0 Å². The van der Waals surface area contributed by atoms with Crippen LogP contribution >= 0.6 is 0 Å². The lowest BCUT2D eigenvalue weighted by molar-refractivity contribution is -0.148. The second kappa shape index (κ2) is 22.5. The molecule has 0 bridgehead atoms. The van der Waals surface area contributed by atoms with E-state index >= 15 is 0 Å². The molecule has 0 aliphatic rings. The number of rotatable bonds is 22. The molecule has 0 aromatic rings. The molecule has 0 rings (SSSR count). The smallest absolute Gasteiger partial charge is 0.306 e. The SMILES string of the molecule is CCCCOCCOCCOC(=O)CC(C)CC(=O)OCCOCCOCCCC. The molecule has 0 heterocycles. The molecule has 0 atom stereocenters. The molecule has 0 aliphatic carbocycles. The van der Waals surface area contributed by atoms with Gasteiger partial charge in [0.15, 0.2) is 0 Å². The zero-order chi connectivity index (χ0) is 22.3. The number of unbranched alkanes of at least 4 members (excludes halogenated alkanes) is 2. The van der Waals surface area contributed by atoms with Gasteiger partial charge in [0, 0.05) is 26.1 Å². The lowest BCUT2D eigenvalue weighted by Crippen LogP contribution is -2.18. The first kappa shape index (κ1) is 28.8. The van der Waals surface area contributed by atoms with E-state index < -0.39 is 0 Å². The first-order valence-electron chi connectivity index (χ1n) is 11.2. The Kier molecular flexibility index (Phi) is 21.6. The van der Waals surface area contributed by atoms with Crippen LogP contribution in [0.4, 0.5) is 0 Å². The molecule has 8 heteroatoms. The Morgan fingerprint density at radius 3 is 1.27 bits per heavy atom. The third kappa shape index (κ3) is 21.5. The molecular weight excluding hydrogens is 392 g/mol. The molecule has 0 saturated heterocycles. The molecule has 0 aromatic carbocycles. The van der Waals surface area contributed by atoms with Crippen molar-refractivity contribution >= 4 is 11.9 Å². The van der Waals surface area contributed by atoms with Gasteiger partial charge in [0.05, 0.1) is 39.6 Å². The standard InChI is InChI=1S/C22H42O8/c1-4-6-8-25-10-12-27-14-16-29-21(23)18-20(3)19-22(24)30-17-15-28-13-11-26-9-7-5-2/h20H,4-19H2,1-3H3. The summed E-state index contributed by atoms with van der Waals surface area (Å²) in [5.74, 6) is -0.834. The van der Waals surface area contributed by atoms with Gasteiger partial charge in [-0.05, 0) is 18.8 Å². The third-order valence-electron chi connectivity index (χ3n) is 4.04. The molecule has 0 N–H and O–H groups in total. The highest BCUT2D eigenvalue weighted by molar-refractivity contribution is 5.73. The minimum Gasteiger partial charge on any atom is -0.463 e. The van der Waals surface area contributed by atoms with Crippen molar-refractivity contribution in [2.75, 3.05) is 66.1 Å². The molecule has 178 valence electrons. The monoisotopic (exact) mass is 434 g/mol. The fraction of sp³-hybridized carbons (Fsp3) is 0.909. The molecular formula is C22H42O8. The molecule has 0 radical (unpaired) electrons. The van der Waals surface area contributed by atoms with Crippen LogP contribution in [-0.4, -0.2) is 78.0 Å². The second-order valence-corrected chi connectivity index (χ2v) is 7.11. The highest BCUT2D eigenvalue weighted by Crippen LogP contribution is 2.09. The van der Waals surface area contributed by atoms with Crippen LogP contribution in [0.15, 0.2) is 0 Å². The van der Waals surface area contributed by atoms with Gasteiger partial charge >= 0.3 is 11.9 Å². The summed E-state index contributed by atoms with van der Waals surface area (Å²) in [5, 5.41) is 0. The van der Waals surface area contributed by atoms with Crippen LogP contribution < -0.4 is 0 Å². The summed E-state index contributed by atoms with van der Waals surface area (Å²) in [4.78, 5) is 23.6. The van der Waals surface area contributed by atoms with E-state index in [0.29, 0.717) is 39.6 Å². The lowest BCUT2D eigenvalue weighted by atomic mass is 10.0. The van der Waals surface area contributed by atoms with Crippen molar-refractivity contribution in [3.05, 3.63) is 0 Å². The Morgan fingerprint density at radius 1 is 0.567 bits per heavy atom. The number of carbonyl (C=O) groups is 2. The minimum absolute atomic E-state index is 0.147. The Bertz CT molecular complexity index is 367. The van der Waals surface area contributed by atoms with E-state index in [4.69, 9.17) is 28.4 Å². The number of hydrogen-bond donors (Lipinski definition) is 0. The predicted molar refractivity (Wildman–Crippen MR) is 113 cm³/mol. The van der Waals surface area contributed by atoms with Gasteiger partial charge < -0.3 is 28.4 Å². The fourth-order valence-corrected chi connectivity index (χ4v) is 2.32. The van der Waals surface area contributed by atoms with Crippen LogP contribution in [0.1, 0.15) is 59.3 Å². The summed E-state index contributed by atoms with van der Waals surface area (Å²) in [6.07, 6.45) is 4.64. The molecule has 0 aliphatic heterocycles. The van der Waals surface area contributed by atoms with Crippen LogP contribution in [0.3, 0.4) is 0 Å². The number of carbonyl (C=O) groups excluding carboxylic acids is 2. The second-order valence-electron chi connectivity index (χ2n) is 7.11. The number of ether oxygens (including phenoxy) is 6. The molecule has 8 nitrogen and oxygen atoms in total. The highest BCUT2D eigenvalue weighted by atomic mass is 16.6. The van der Waals surface area contributed by atoms with Gasteiger partial charge in [0.25, 0.3) is 0 Å². The molecule has 0 unspecified atom stereocenters. The predicted octanol–water partition coefficient (Wildman–Crippen LogP) is 3.16. The fourth-order valence-electron chi connectivity index (χ4n) is 2.32. The van der Waals surface area contributed by atoms with E-state index in [2.05, 4.69) is 13.8 Å². The Labute approximate surface area is 181 Å². The van der Waals surface area contributed by atoms with Crippen LogP contribution in [0.5, 0.6) is 0 Å². The first-order chi connectivity index (χ1) is 14.6. The van der Waals surface area contributed by atoms with Crippen molar-refractivity contribution in [3.63, 3.8) is 0 Å². The maximum Gasteiger partial charge on any atom is 0.306 e. The Morgan fingerprint density at radius 2 is 0.900 bits per heavy atom. The van der Waals surface area contributed by atoms with E-state index in [-0.39, 0.29) is 43.9 Å². The maximum atomic E-state index is 11.8. The van der Waals surface area contributed by atoms with Crippen molar-refractivity contribution < 1.29 is 38.0 Å². The zero-order valence-corrected chi connectivity index (χ0v) is 19.2. The van der Waals surface area contributed by atoms with Crippen molar-refractivity contribution in [1.29, 1.82) is 0 Å². The first-order valence-corrected chi connectivity index (χ1v) is 11.2. The van der Waals surface area contributed by atoms with Gasteiger partial charge in [-0.2, -0.15) is 0 Å². The van der Waals surface area contributed by atoms with Crippen molar-refractivity contribution in [1.82, 2.24) is 0 Å². The van der Waals surface area contributed by atoms with Crippen LogP contribution in [-0.2, 0) is 38.0 Å². The summed E-state index contributed by atoms with van der Waals surface area (Å²) < 4.78 is 31.6. The largest absolute Gasteiger partial charge is 0.463 e. The molecule has 0 saturated carbocycles. The summed E-state index contributed by atoms with van der Waals surface area (Å²) in [5.41, 5.74) is 0. The van der Waals surface area contributed by atoms with Gasteiger partial charge in [0.2, 0.25) is 0 Å². The quantitative estimate of drug-likeness (QED) is 0.190. The summed E-state index contributed by atoms with van der Waals surface area (Å²) in [7, 11) is 0. The summed E-state index contributed by atoms with van der Waals surface area (Å²) in [6.45, 7) is 10.7. The zero-order valence-electron chi connectivity index (χ0n) is 19.2. The van der Waals surface area contributed by atoms with Crippen LogP contribution in [0.25, 0.3) is 0 Å². The van der Waals surface area contributed by atoms with E-state index in [9.17, 15) is 9.59 Å².